The predicted molar refractivity (Wildman–Crippen MR) is 75.0 cm³/mol. The maximum absolute atomic E-state index is 3.43. The highest BCUT2D eigenvalue weighted by Crippen LogP contribution is 2.13. The van der Waals surface area contributed by atoms with Crippen molar-refractivity contribution in [2.75, 3.05) is 25.5 Å². The van der Waals surface area contributed by atoms with Gasteiger partial charge in [-0.15, -0.1) is 0 Å². The molecule has 3 heteroatoms. The summed E-state index contributed by atoms with van der Waals surface area (Å²) in [6, 6.07) is 8.95. The smallest absolute Gasteiger partial charge is 0.0341 e. The van der Waals surface area contributed by atoms with Crippen molar-refractivity contribution >= 4 is 21.6 Å². The molecule has 1 aromatic rings. The number of halogens is 1. The number of rotatable bonds is 6. The average molecular weight is 285 g/mol. The first-order valence-corrected chi connectivity index (χ1v) is 6.62. The fourth-order valence-electron chi connectivity index (χ4n) is 1.48. The van der Waals surface area contributed by atoms with Crippen molar-refractivity contribution in [2.24, 2.45) is 0 Å². The quantitative estimate of drug-likeness (QED) is 0.859. The molecule has 0 aromatic heterocycles. The maximum Gasteiger partial charge on any atom is 0.0341 e. The van der Waals surface area contributed by atoms with Gasteiger partial charge in [0.1, 0.15) is 0 Å². The standard InChI is InChI=1S/C13H21BrN2/c1-4-11(2)16(3)10-9-15-13-7-5-12(14)6-8-13/h5-8,11,15H,4,9-10H2,1-3H3. The molecule has 0 bridgehead atoms. The van der Waals surface area contributed by atoms with Gasteiger partial charge in [0.15, 0.2) is 0 Å². The fourth-order valence-corrected chi connectivity index (χ4v) is 1.74. The summed E-state index contributed by atoms with van der Waals surface area (Å²) in [7, 11) is 2.18. The van der Waals surface area contributed by atoms with E-state index in [4.69, 9.17) is 0 Å². The first kappa shape index (κ1) is 13.5. The molecular weight excluding hydrogens is 264 g/mol. The Morgan fingerprint density at radius 3 is 2.50 bits per heavy atom. The van der Waals surface area contributed by atoms with Gasteiger partial charge < -0.3 is 10.2 Å². The lowest BCUT2D eigenvalue weighted by atomic mass is 10.2. The van der Waals surface area contributed by atoms with E-state index < -0.39 is 0 Å². The Labute approximate surface area is 107 Å². The average Bonchev–Trinajstić information content (AvgIpc) is 2.30. The number of hydrogen-bond acceptors (Lipinski definition) is 2. The molecule has 0 aliphatic rings. The minimum atomic E-state index is 0.659. The largest absolute Gasteiger partial charge is 0.384 e. The van der Waals surface area contributed by atoms with E-state index in [1.165, 1.54) is 12.1 Å². The van der Waals surface area contributed by atoms with Crippen molar-refractivity contribution in [1.82, 2.24) is 4.90 Å². The monoisotopic (exact) mass is 284 g/mol. The SMILES string of the molecule is CCC(C)N(C)CCNc1ccc(Br)cc1. The van der Waals surface area contributed by atoms with Crippen molar-refractivity contribution in [3.8, 4) is 0 Å². The number of hydrogen-bond donors (Lipinski definition) is 1. The first-order valence-electron chi connectivity index (χ1n) is 5.83. The molecule has 0 fully saturated rings. The second kappa shape index (κ2) is 6.92. The third kappa shape index (κ3) is 4.54. The summed E-state index contributed by atoms with van der Waals surface area (Å²) in [6.45, 7) is 6.55. The summed E-state index contributed by atoms with van der Waals surface area (Å²) in [5.74, 6) is 0. The number of anilines is 1. The molecule has 1 N–H and O–H groups in total. The molecule has 0 heterocycles. The minimum absolute atomic E-state index is 0.659. The van der Waals surface area contributed by atoms with Crippen LogP contribution in [0.15, 0.2) is 28.7 Å². The normalized spacial score (nSPS) is 12.8. The molecule has 0 radical (unpaired) electrons. The molecule has 1 unspecified atom stereocenters. The minimum Gasteiger partial charge on any atom is -0.384 e. The molecule has 1 atom stereocenters. The molecular formula is C13H21BrN2. The zero-order chi connectivity index (χ0) is 12.0. The molecule has 0 saturated carbocycles. The van der Waals surface area contributed by atoms with Gasteiger partial charge in [-0.25, -0.2) is 0 Å². The second-order valence-corrected chi connectivity index (χ2v) is 5.09. The van der Waals surface area contributed by atoms with Crippen LogP contribution in [0.5, 0.6) is 0 Å². The Morgan fingerprint density at radius 1 is 1.31 bits per heavy atom. The second-order valence-electron chi connectivity index (χ2n) is 4.17. The molecule has 0 saturated heterocycles. The van der Waals surface area contributed by atoms with Crippen molar-refractivity contribution in [3.05, 3.63) is 28.7 Å². The van der Waals surface area contributed by atoms with Crippen molar-refractivity contribution in [3.63, 3.8) is 0 Å². The van der Waals surface area contributed by atoms with Gasteiger partial charge in [-0.1, -0.05) is 22.9 Å². The number of nitrogens with zero attached hydrogens (tertiary/aromatic N) is 1. The topological polar surface area (TPSA) is 15.3 Å². The van der Waals surface area contributed by atoms with Crippen LogP contribution in [0, 0.1) is 0 Å². The molecule has 16 heavy (non-hydrogen) atoms. The van der Waals surface area contributed by atoms with E-state index in [0.29, 0.717) is 6.04 Å². The van der Waals surface area contributed by atoms with Gasteiger partial charge in [-0.2, -0.15) is 0 Å². The molecule has 0 aliphatic carbocycles. The van der Waals surface area contributed by atoms with E-state index >= 15 is 0 Å². The van der Waals surface area contributed by atoms with Crippen LogP contribution in [0.25, 0.3) is 0 Å². The number of benzene rings is 1. The van der Waals surface area contributed by atoms with Crippen LogP contribution in [0.4, 0.5) is 5.69 Å². The van der Waals surface area contributed by atoms with Crippen LogP contribution in [0.3, 0.4) is 0 Å². The Morgan fingerprint density at radius 2 is 1.94 bits per heavy atom. The van der Waals surface area contributed by atoms with Crippen LogP contribution in [-0.2, 0) is 0 Å². The molecule has 0 spiro atoms. The molecule has 0 amide bonds. The van der Waals surface area contributed by atoms with E-state index in [1.54, 1.807) is 0 Å². The van der Waals surface area contributed by atoms with Crippen LogP contribution >= 0.6 is 15.9 Å². The Balaban J connectivity index is 2.27. The molecule has 2 nitrogen and oxygen atoms in total. The molecule has 1 rings (SSSR count). The highest BCUT2D eigenvalue weighted by molar-refractivity contribution is 9.10. The van der Waals surface area contributed by atoms with Crippen molar-refractivity contribution in [2.45, 2.75) is 26.3 Å². The lowest BCUT2D eigenvalue weighted by Gasteiger charge is -2.23. The third-order valence-electron chi connectivity index (χ3n) is 2.98. The van der Waals surface area contributed by atoms with E-state index in [-0.39, 0.29) is 0 Å². The van der Waals surface area contributed by atoms with Crippen LogP contribution in [0.2, 0.25) is 0 Å². The van der Waals surface area contributed by atoms with Crippen molar-refractivity contribution < 1.29 is 0 Å². The third-order valence-corrected chi connectivity index (χ3v) is 3.51. The van der Waals surface area contributed by atoms with E-state index in [1.807, 2.05) is 0 Å². The van der Waals surface area contributed by atoms with Crippen LogP contribution in [0.1, 0.15) is 20.3 Å². The zero-order valence-corrected chi connectivity index (χ0v) is 11.9. The van der Waals surface area contributed by atoms with Crippen LogP contribution < -0.4 is 5.32 Å². The maximum atomic E-state index is 3.43. The Bertz CT molecular complexity index is 297. The van der Waals surface area contributed by atoms with Gasteiger partial charge in [-0.3, -0.25) is 0 Å². The Hall–Kier alpha value is -0.540. The van der Waals surface area contributed by atoms with Gasteiger partial charge in [0, 0.05) is 29.3 Å². The van der Waals surface area contributed by atoms with Gasteiger partial charge in [0.05, 0.1) is 0 Å². The Kier molecular flexibility index (Phi) is 5.85. The molecule has 90 valence electrons. The highest BCUT2D eigenvalue weighted by Gasteiger charge is 2.05. The first-order chi connectivity index (χ1) is 7.63. The summed E-state index contributed by atoms with van der Waals surface area (Å²) < 4.78 is 1.12. The fraction of sp³-hybridized carbons (Fsp3) is 0.538. The van der Waals surface area contributed by atoms with Crippen LogP contribution in [-0.4, -0.2) is 31.1 Å². The summed E-state index contributed by atoms with van der Waals surface area (Å²) in [4.78, 5) is 2.38. The highest BCUT2D eigenvalue weighted by atomic mass is 79.9. The number of likely N-dealkylation sites (N-methyl/N-ethyl adjacent to an activating group) is 1. The summed E-state index contributed by atoms with van der Waals surface area (Å²) >= 11 is 3.43. The molecule has 0 aliphatic heterocycles. The summed E-state index contributed by atoms with van der Waals surface area (Å²) in [5.41, 5.74) is 1.18. The van der Waals surface area contributed by atoms with Crippen molar-refractivity contribution in [1.29, 1.82) is 0 Å². The molecule has 1 aromatic carbocycles. The number of nitrogens with one attached hydrogen (secondary N) is 1. The van der Waals surface area contributed by atoms with Gasteiger partial charge in [0.25, 0.3) is 0 Å². The lowest BCUT2D eigenvalue weighted by molar-refractivity contribution is 0.261. The van der Waals surface area contributed by atoms with E-state index in [0.717, 1.165) is 17.6 Å². The summed E-state index contributed by atoms with van der Waals surface area (Å²) in [5, 5.41) is 3.42. The van der Waals surface area contributed by atoms with Gasteiger partial charge in [-0.05, 0) is 44.7 Å². The van der Waals surface area contributed by atoms with Gasteiger partial charge in [0.2, 0.25) is 0 Å². The lowest BCUT2D eigenvalue weighted by Crippen LogP contribution is -2.32. The summed E-state index contributed by atoms with van der Waals surface area (Å²) in [6.07, 6.45) is 1.20. The van der Waals surface area contributed by atoms with Gasteiger partial charge >= 0.3 is 0 Å². The van der Waals surface area contributed by atoms with E-state index in [9.17, 15) is 0 Å². The predicted octanol–water partition coefficient (Wildman–Crippen LogP) is 3.59. The zero-order valence-electron chi connectivity index (χ0n) is 10.3. The van der Waals surface area contributed by atoms with E-state index in [2.05, 4.69) is 71.3 Å².